The average molecular weight is 432 g/mol. The molecule has 152 valence electrons. The number of furan rings is 1. The fraction of sp³-hybridized carbons (Fsp3) is 0.227. The van der Waals surface area contributed by atoms with Crippen LogP contribution in [0.15, 0.2) is 76.0 Å². The van der Waals surface area contributed by atoms with Gasteiger partial charge in [0.05, 0.1) is 10.9 Å². The number of hydrogen-bond acceptors (Lipinski definition) is 4. The molecule has 1 unspecified atom stereocenters. The molecule has 0 aliphatic heterocycles. The molecule has 1 atom stereocenters. The van der Waals surface area contributed by atoms with Crippen LogP contribution in [0.2, 0.25) is 5.02 Å². The lowest BCUT2D eigenvalue weighted by Crippen LogP contribution is -2.31. The van der Waals surface area contributed by atoms with Crippen molar-refractivity contribution in [1.82, 2.24) is 5.32 Å². The Hall–Kier alpha value is -2.57. The topological polar surface area (TPSA) is 76.4 Å². The Balaban J connectivity index is 1.74. The van der Waals surface area contributed by atoms with Crippen LogP contribution in [0.5, 0.6) is 0 Å². The quantitative estimate of drug-likeness (QED) is 0.568. The molecule has 1 N–H and O–H groups in total. The minimum Gasteiger partial charge on any atom is -0.455 e. The van der Waals surface area contributed by atoms with Gasteiger partial charge in [-0.1, -0.05) is 55.8 Å². The van der Waals surface area contributed by atoms with Crippen LogP contribution in [0.4, 0.5) is 0 Å². The highest BCUT2D eigenvalue weighted by Gasteiger charge is 2.23. The number of halogens is 1. The van der Waals surface area contributed by atoms with Crippen molar-refractivity contribution < 1.29 is 17.6 Å². The first-order chi connectivity index (χ1) is 13.8. The second-order valence-corrected chi connectivity index (χ2v) is 9.51. The molecule has 0 saturated heterocycles. The summed E-state index contributed by atoms with van der Waals surface area (Å²) < 4.78 is 30.5. The van der Waals surface area contributed by atoms with Gasteiger partial charge in [-0.3, -0.25) is 4.79 Å². The van der Waals surface area contributed by atoms with Gasteiger partial charge >= 0.3 is 0 Å². The third kappa shape index (κ3) is 5.28. The third-order valence-corrected chi connectivity index (χ3v) is 6.41. The standard InChI is InChI=1S/C22H22ClNO4S/c1-15(2)21(16-8-10-17(23)11-9-16)24-22(25)20-13-12-18(28-20)14-29(26,27)19-6-4-3-5-7-19/h3-13,15,21H,14H2,1-2H3,(H,24,25). The molecule has 0 spiro atoms. The lowest BCUT2D eigenvalue weighted by atomic mass is 9.96. The van der Waals surface area contributed by atoms with E-state index in [0.29, 0.717) is 5.02 Å². The SMILES string of the molecule is CC(C)C(NC(=O)c1ccc(CS(=O)(=O)c2ccccc2)o1)c1ccc(Cl)cc1. The summed E-state index contributed by atoms with van der Waals surface area (Å²) in [5, 5.41) is 3.57. The predicted molar refractivity (Wildman–Crippen MR) is 113 cm³/mol. The molecule has 0 aliphatic rings. The Morgan fingerprint density at radius 1 is 1.00 bits per heavy atom. The largest absolute Gasteiger partial charge is 0.455 e. The highest BCUT2D eigenvalue weighted by atomic mass is 35.5. The summed E-state index contributed by atoms with van der Waals surface area (Å²) in [5.74, 6) is -0.292. The summed E-state index contributed by atoms with van der Waals surface area (Å²) in [5.41, 5.74) is 0.927. The fourth-order valence-corrected chi connectivity index (χ4v) is 4.39. The molecule has 3 rings (SSSR count). The van der Waals surface area contributed by atoms with Crippen molar-refractivity contribution in [2.24, 2.45) is 5.92 Å². The maximum Gasteiger partial charge on any atom is 0.287 e. The highest BCUT2D eigenvalue weighted by molar-refractivity contribution is 7.90. The van der Waals surface area contributed by atoms with Crippen LogP contribution in [-0.4, -0.2) is 14.3 Å². The van der Waals surface area contributed by atoms with E-state index in [4.69, 9.17) is 16.0 Å². The van der Waals surface area contributed by atoms with E-state index in [1.807, 2.05) is 26.0 Å². The third-order valence-electron chi connectivity index (χ3n) is 4.50. The molecular formula is C22H22ClNO4S. The second-order valence-electron chi connectivity index (χ2n) is 7.08. The lowest BCUT2D eigenvalue weighted by molar-refractivity contribution is 0.0896. The van der Waals surface area contributed by atoms with Crippen molar-refractivity contribution in [3.8, 4) is 0 Å². The number of nitrogens with one attached hydrogen (secondary N) is 1. The second kappa shape index (κ2) is 8.84. The van der Waals surface area contributed by atoms with Crippen LogP contribution in [0.25, 0.3) is 0 Å². The number of benzene rings is 2. The lowest BCUT2D eigenvalue weighted by Gasteiger charge is -2.22. The summed E-state index contributed by atoms with van der Waals surface area (Å²) in [6.07, 6.45) is 0. The first-order valence-electron chi connectivity index (χ1n) is 9.19. The number of rotatable bonds is 7. The molecule has 3 aromatic rings. The van der Waals surface area contributed by atoms with Gasteiger partial charge in [-0.25, -0.2) is 8.42 Å². The number of sulfone groups is 1. The first-order valence-corrected chi connectivity index (χ1v) is 11.2. The summed E-state index contributed by atoms with van der Waals surface area (Å²) in [4.78, 5) is 12.9. The normalized spacial score (nSPS) is 12.7. The molecule has 2 aromatic carbocycles. The Morgan fingerprint density at radius 2 is 1.66 bits per heavy atom. The van der Waals surface area contributed by atoms with Crippen LogP contribution in [-0.2, 0) is 15.6 Å². The van der Waals surface area contributed by atoms with Gasteiger partial charge in [0.15, 0.2) is 15.6 Å². The molecule has 1 amide bonds. The summed E-state index contributed by atoms with van der Waals surface area (Å²) in [6, 6.07) is 18.2. The smallest absolute Gasteiger partial charge is 0.287 e. The molecule has 0 radical (unpaired) electrons. The van der Waals surface area contributed by atoms with Gasteiger partial charge in [-0.2, -0.15) is 0 Å². The van der Waals surface area contributed by atoms with E-state index in [0.717, 1.165) is 5.56 Å². The van der Waals surface area contributed by atoms with Gasteiger partial charge in [0.25, 0.3) is 5.91 Å². The maximum atomic E-state index is 12.7. The predicted octanol–water partition coefficient (Wildman–Crippen LogP) is 5.03. The zero-order chi connectivity index (χ0) is 21.0. The molecule has 1 aromatic heterocycles. The molecule has 0 fully saturated rings. The minimum absolute atomic E-state index is 0.0721. The number of hydrogen-bond donors (Lipinski definition) is 1. The van der Waals surface area contributed by atoms with Crippen LogP contribution in [0.1, 0.15) is 41.8 Å². The van der Waals surface area contributed by atoms with E-state index < -0.39 is 15.7 Å². The van der Waals surface area contributed by atoms with Crippen LogP contribution >= 0.6 is 11.6 Å². The molecule has 1 heterocycles. The van der Waals surface area contributed by atoms with Gasteiger partial charge in [-0.05, 0) is 47.9 Å². The van der Waals surface area contributed by atoms with Gasteiger partial charge in [0.2, 0.25) is 0 Å². The molecule has 0 aliphatic carbocycles. The highest BCUT2D eigenvalue weighted by Crippen LogP contribution is 2.24. The zero-order valence-corrected chi connectivity index (χ0v) is 17.7. The Kier molecular flexibility index (Phi) is 6.45. The molecule has 29 heavy (non-hydrogen) atoms. The van der Waals surface area contributed by atoms with Crippen molar-refractivity contribution in [1.29, 1.82) is 0 Å². The summed E-state index contributed by atoms with van der Waals surface area (Å²) in [6.45, 7) is 4.00. The number of amides is 1. The van der Waals surface area contributed by atoms with Crippen molar-refractivity contribution >= 4 is 27.3 Å². The molecule has 5 nitrogen and oxygen atoms in total. The fourth-order valence-electron chi connectivity index (χ4n) is 2.99. The van der Waals surface area contributed by atoms with Crippen LogP contribution in [0, 0.1) is 5.92 Å². The first kappa shape index (κ1) is 21.1. The number of carbonyl (C=O) groups is 1. The summed E-state index contributed by atoms with van der Waals surface area (Å²) in [7, 11) is -3.55. The molecule has 0 bridgehead atoms. The number of carbonyl (C=O) groups excluding carboxylic acids is 1. The van der Waals surface area contributed by atoms with E-state index in [2.05, 4.69) is 5.32 Å². The monoisotopic (exact) mass is 431 g/mol. The Morgan fingerprint density at radius 3 is 2.28 bits per heavy atom. The van der Waals surface area contributed by atoms with Crippen LogP contribution < -0.4 is 5.32 Å². The maximum absolute atomic E-state index is 12.7. The van der Waals surface area contributed by atoms with Gasteiger partial charge in [0, 0.05) is 5.02 Å². The van der Waals surface area contributed by atoms with E-state index >= 15 is 0 Å². The Labute approximate surface area is 175 Å². The zero-order valence-electron chi connectivity index (χ0n) is 16.1. The summed E-state index contributed by atoms with van der Waals surface area (Å²) >= 11 is 5.95. The molecule has 0 saturated carbocycles. The molecule has 7 heteroatoms. The van der Waals surface area contributed by atoms with Crippen molar-refractivity contribution in [2.75, 3.05) is 0 Å². The van der Waals surface area contributed by atoms with E-state index in [-0.39, 0.29) is 34.1 Å². The van der Waals surface area contributed by atoms with Gasteiger partial charge in [0.1, 0.15) is 11.5 Å². The average Bonchev–Trinajstić information content (AvgIpc) is 3.15. The van der Waals surface area contributed by atoms with Crippen molar-refractivity contribution in [3.63, 3.8) is 0 Å². The Bertz CT molecular complexity index is 1070. The van der Waals surface area contributed by atoms with Crippen LogP contribution in [0.3, 0.4) is 0 Å². The van der Waals surface area contributed by atoms with Crippen molar-refractivity contribution in [2.45, 2.75) is 30.5 Å². The van der Waals surface area contributed by atoms with Gasteiger partial charge < -0.3 is 9.73 Å². The van der Waals surface area contributed by atoms with Gasteiger partial charge in [-0.15, -0.1) is 0 Å². The van der Waals surface area contributed by atoms with E-state index in [1.165, 1.54) is 24.3 Å². The van der Waals surface area contributed by atoms with E-state index in [1.54, 1.807) is 30.3 Å². The minimum atomic E-state index is -3.55. The molecular weight excluding hydrogens is 410 g/mol. The van der Waals surface area contributed by atoms with E-state index in [9.17, 15) is 13.2 Å². The van der Waals surface area contributed by atoms with Crippen molar-refractivity contribution in [3.05, 3.63) is 88.8 Å².